The van der Waals surface area contributed by atoms with E-state index >= 15 is 0 Å². The Hall–Kier alpha value is -0.840. The van der Waals surface area contributed by atoms with Gasteiger partial charge in [-0.05, 0) is 64.4 Å². The summed E-state index contributed by atoms with van der Waals surface area (Å²) < 4.78 is 5.60. The molecule has 3 rings (SSSR count). The Bertz CT molecular complexity index is 412. The van der Waals surface area contributed by atoms with Crippen molar-refractivity contribution >= 4 is 0 Å². The normalized spacial score (nSPS) is 31.1. The molecule has 0 radical (unpaired) electrons. The Labute approximate surface area is 128 Å². The molecule has 0 spiro atoms. The highest BCUT2D eigenvalue weighted by molar-refractivity contribution is 5.05. The van der Waals surface area contributed by atoms with Crippen LogP contribution in [0.1, 0.15) is 43.9 Å². The zero-order valence-electron chi connectivity index (χ0n) is 13.3. The van der Waals surface area contributed by atoms with Gasteiger partial charge in [0, 0.05) is 18.6 Å². The number of hydrogen-bond donors (Lipinski definition) is 2. The fraction of sp³-hybridized carbons (Fsp3) is 0.765. The Morgan fingerprint density at radius 3 is 2.90 bits per heavy atom. The van der Waals surface area contributed by atoms with E-state index in [9.17, 15) is 0 Å². The van der Waals surface area contributed by atoms with Gasteiger partial charge in [-0.2, -0.15) is 0 Å². The molecule has 1 aliphatic heterocycles. The summed E-state index contributed by atoms with van der Waals surface area (Å²) in [5, 5.41) is 7.53. The molecule has 1 saturated heterocycles. The van der Waals surface area contributed by atoms with Crippen molar-refractivity contribution in [2.45, 2.75) is 50.2 Å². The standard InChI is InChI=1S/C17H29N3O/c1-20(2)16(17-9-5-11-21-17)12-19-15-7-3-6-13(15)14-8-4-10-18-14/h5,9,11,13-16,18-19H,3-4,6-8,10,12H2,1-2H3. The van der Waals surface area contributed by atoms with Crippen LogP contribution in [0, 0.1) is 5.92 Å². The summed E-state index contributed by atoms with van der Waals surface area (Å²) in [4.78, 5) is 2.24. The zero-order chi connectivity index (χ0) is 14.7. The van der Waals surface area contributed by atoms with Crippen molar-refractivity contribution in [3.05, 3.63) is 24.2 Å². The Kier molecular flexibility index (Phi) is 4.99. The first-order valence-electron chi connectivity index (χ1n) is 8.42. The molecule has 0 bridgehead atoms. The van der Waals surface area contributed by atoms with Gasteiger partial charge in [0.1, 0.15) is 5.76 Å². The van der Waals surface area contributed by atoms with Gasteiger partial charge >= 0.3 is 0 Å². The average molecular weight is 291 g/mol. The maximum Gasteiger partial charge on any atom is 0.122 e. The van der Waals surface area contributed by atoms with Crippen molar-refractivity contribution in [2.24, 2.45) is 5.92 Å². The van der Waals surface area contributed by atoms with Gasteiger partial charge in [0.2, 0.25) is 0 Å². The quantitative estimate of drug-likeness (QED) is 0.844. The van der Waals surface area contributed by atoms with Crippen molar-refractivity contribution in [1.29, 1.82) is 0 Å². The van der Waals surface area contributed by atoms with E-state index in [4.69, 9.17) is 4.42 Å². The largest absolute Gasteiger partial charge is 0.468 e. The van der Waals surface area contributed by atoms with E-state index in [2.05, 4.69) is 35.7 Å². The number of nitrogens with one attached hydrogen (secondary N) is 2. The lowest BCUT2D eigenvalue weighted by Gasteiger charge is -2.30. The molecule has 4 nitrogen and oxygen atoms in total. The first-order chi connectivity index (χ1) is 10.3. The van der Waals surface area contributed by atoms with Gasteiger partial charge in [-0.15, -0.1) is 0 Å². The predicted molar refractivity (Wildman–Crippen MR) is 85.3 cm³/mol. The van der Waals surface area contributed by atoms with Gasteiger partial charge in [0.25, 0.3) is 0 Å². The van der Waals surface area contributed by atoms with E-state index in [-0.39, 0.29) is 0 Å². The smallest absolute Gasteiger partial charge is 0.122 e. The van der Waals surface area contributed by atoms with E-state index in [1.54, 1.807) is 6.26 Å². The highest BCUT2D eigenvalue weighted by Gasteiger charge is 2.35. The molecule has 0 amide bonds. The molecule has 2 aliphatic rings. The van der Waals surface area contributed by atoms with Gasteiger partial charge in [0.05, 0.1) is 12.3 Å². The number of nitrogens with zero attached hydrogens (tertiary/aromatic N) is 1. The van der Waals surface area contributed by atoms with E-state index in [0.717, 1.165) is 24.3 Å². The summed E-state index contributed by atoms with van der Waals surface area (Å²) in [6.45, 7) is 2.18. The number of hydrogen-bond acceptors (Lipinski definition) is 4. The Balaban J connectivity index is 1.57. The second-order valence-electron chi connectivity index (χ2n) is 6.81. The van der Waals surface area contributed by atoms with Gasteiger partial charge in [0.15, 0.2) is 0 Å². The molecule has 4 unspecified atom stereocenters. The van der Waals surface area contributed by atoms with Crippen molar-refractivity contribution in [1.82, 2.24) is 15.5 Å². The minimum Gasteiger partial charge on any atom is -0.468 e. The van der Waals surface area contributed by atoms with E-state index in [1.165, 1.54) is 38.6 Å². The maximum absolute atomic E-state index is 5.60. The molecular formula is C17H29N3O. The van der Waals surface area contributed by atoms with Crippen LogP contribution < -0.4 is 10.6 Å². The van der Waals surface area contributed by atoms with Crippen LogP contribution in [0.2, 0.25) is 0 Å². The van der Waals surface area contributed by atoms with Crippen LogP contribution in [0.3, 0.4) is 0 Å². The van der Waals surface area contributed by atoms with Gasteiger partial charge in [-0.1, -0.05) is 6.42 Å². The minimum atomic E-state index is 0.317. The lowest BCUT2D eigenvalue weighted by Crippen LogP contribution is -2.44. The van der Waals surface area contributed by atoms with Crippen molar-refractivity contribution in [2.75, 3.05) is 27.2 Å². The summed E-state index contributed by atoms with van der Waals surface area (Å²) in [7, 11) is 4.25. The molecule has 2 fully saturated rings. The molecule has 21 heavy (non-hydrogen) atoms. The minimum absolute atomic E-state index is 0.317. The predicted octanol–water partition coefficient (Wildman–Crippen LogP) is 2.39. The average Bonchev–Trinajstić information content (AvgIpc) is 3.21. The Morgan fingerprint density at radius 1 is 1.33 bits per heavy atom. The highest BCUT2D eigenvalue weighted by Crippen LogP contribution is 2.32. The SMILES string of the molecule is CN(C)C(CNC1CCCC1C1CCCN1)c1ccco1. The number of furan rings is 1. The highest BCUT2D eigenvalue weighted by atomic mass is 16.3. The second-order valence-corrected chi connectivity index (χ2v) is 6.81. The van der Waals surface area contributed by atoms with E-state index < -0.39 is 0 Å². The van der Waals surface area contributed by atoms with Gasteiger partial charge < -0.3 is 15.1 Å². The van der Waals surface area contributed by atoms with E-state index in [0.29, 0.717) is 12.1 Å². The molecule has 1 aromatic rings. The molecule has 2 heterocycles. The molecule has 1 aromatic heterocycles. The zero-order valence-corrected chi connectivity index (χ0v) is 13.3. The lowest BCUT2D eigenvalue weighted by molar-refractivity contribution is 0.229. The molecule has 4 heteroatoms. The fourth-order valence-electron chi connectivity index (χ4n) is 4.08. The first kappa shape index (κ1) is 15.1. The third-order valence-electron chi connectivity index (χ3n) is 5.25. The molecule has 118 valence electrons. The molecule has 2 N–H and O–H groups in total. The van der Waals surface area contributed by atoms with Crippen LogP contribution in [0.5, 0.6) is 0 Å². The number of rotatable bonds is 6. The summed E-state index contributed by atoms with van der Waals surface area (Å²) in [5.41, 5.74) is 0. The summed E-state index contributed by atoms with van der Waals surface area (Å²) >= 11 is 0. The fourth-order valence-corrected chi connectivity index (χ4v) is 4.08. The van der Waals surface area contributed by atoms with Crippen molar-refractivity contribution < 1.29 is 4.42 Å². The third-order valence-corrected chi connectivity index (χ3v) is 5.25. The molecule has 1 saturated carbocycles. The van der Waals surface area contributed by atoms with Crippen molar-refractivity contribution in [3.8, 4) is 0 Å². The molecule has 0 aromatic carbocycles. The summed E-state index contributed by atoms with van der Waals surface area (Å²) in [5.74, 6) is 1.87. The first-order valence-corrected chi connectivity index (χ1v) is 8.42. The lowest BCUT2D eigenvalue weighted by atomic mass is 9.93. The topological polar surface area (TPSA) is 40.4 Å². The van der Waals surface area contributed by atoms with Crippen LogP contribution >= 0.6 is 0 Å². The third kappa shape index (κ3) is 3.50. The molecular weight excluding hydrogens is 262 g/mol. The molecule has 1 aliphatic carbocycles. The number of likely N-dealkylation sites (N-methyl/N-ethyl adjacent to an activating group) is 1. The van der Waals surface area contributed by atoms with Crippen LogP contribution in [0.15, 0.2) is 22.8 Å². The summed E-state index contributed by atoms with van der Waals surface area (Å²) in [6, 6.07) is 5.78. The molecule has 4 atom stereocenters. The monoisotopic (exact) mass is 291 g/mol. The van der Waals surface area contributed by atoms with E-state index in [1.807, 2.05) is 6.07 Å². The van der Waals surface area contributed by atoms with Crippen LogP contribution in [-0.4, -0.2) is 44.2 Å². The second kappa shape index (κ2) is 6.95. The van der Waals surface area contributed by atoms with Gasteiger partial charge in [-0.25, -0.2) is 0 Å². The van der Waals surface area contributed by atoms with Crippen molar-refractivity contribution in [3.63, 3.8) is 0 Å². The van der Waals surface area contributed by atoms with Crippen LogP contribution in [0.4, 0.5) is 0 Å². The maximum atomic E-state index is 5.60. The van der Waals surface area contributed by atoms with Gasteiger partial charge in [-0.3, -0.25) is 4.90 Å². The van der Waals surface area contributed by atoms with Crippen LogP contribution in [0.25, 0.3) is 0 Å². The summed E-state index contributed by atoms with van der Waals surface area (Å²) in [6.07, 6.45) is 8.54. The Morgan fingerprint density at radius 2 is 2.24 bits per heavy atom. The van der Waals surface area contributed by atoms with Crippen LogP contribution in [-0.2, 0) is 0 Å².